The average Bonchev–Trinajstić information content (AvgIpc) is 2.53. The van der Waals surface area contributed by atoms with Gasteiger partial charge in [-0.2, -0.15) is 4.31 Å². The normalized spacial score (nSPS) is 14.9. The summed E-state index contributed by atoms with van der Waals surface area (Å²) in [7, 11) is -2.11. The van der Waals surface area contributed by atoms with Gasteiger partial charge in [-0.3, -0.25) is 4.79 Å². The Balaban J connectivity index is 3.15. The Morgan fingerprint density at radius 1 is 1.29 bits per heavy atom. The average molecular weight is 356 g/mol. The summed E-state index contributed by atoms with van der Waals surface area (Å²) in [5, 5.41) is 2.92. The fourth-order valence-electron chi connectivity index (χ4n) is 2.00. The highest BCUT2D eigenvalue weighted by Crippen LogP contribution is 2.20. The van der Waals surface area contributed by atoms with E-state index in [9.17, 15) is 13.2 Å². The van der Waals surface area contributed by atoms with Gasteiger partial charge in [0.2, 0.25) is 10.0 Å². The van der Waals surface area contributed by atoms with Crippen molar-refractivity contribution in [3.63, 3.8) is 0 Å². The first-order valence-corrected chi connectivity index (χ1v) is 9.50. The molecule has 7 heteroatoms. The van der Waals surface area contributed by atoms with Gasteiger partial charge in [0.15, 0.2) is 0 Å². The first-order chi connectivity index (χ1) is 11.0. The molecule has 1 aromatic carbocycles. The smallest absolute Gasteiger partial charge is 0.251 e. The molecule has 0 saturated heterocycles. The van der Waals surface area contributed by atoms with E-state index >= 15 is 0 Å². The molecule has 1 unspecified atom stereocenters. The number of carbonyl (C=O) groups is 1. The van der Waals surface area contributed by atoms with Crippen LogP contribution in [-0.4, -0.2) is 43.8 Å². The van der Waals surface area contributed by atoms with Crippen LogP contribution < -0.4 is 11.1 Å². The SMILES string of the molecule is CC(C)N(C)S(=O)(=O)c1cccc(C(=O)NC(C)(CN)C(C)C)c1. The molecule has 0 radical (unpaired) electrons. The van der Waals surface area contributed by atoms with Crippen LogP contribution in [0.2, 0.25) is 0 Å². The largest absolute Gasteiger partial charge is 0.345 e. The van der Waals surface area contributed by atoms with Crippen LogP contribution in [0.4, 0.5) is 0 Å². The molecule has 1 amide bonds. The van der Waals surface area contributed by atoms with Crippen LogP contribution in [0.5, 0.6) is 0 Å². The van der Waals surface area contributed by atoms with Crippen LogP contribution in [0.1, 0.15) is 45.0 Å². The number of nitrogens with two attached hydrogens (primary N) is 1. The van der Waals surface area contributed by atoms with Gasteiger partial charge in [0.1, 0.15) is 0 Å². The summed E-state index contributed by atoms with van der Waals surface area (Å²) in [4.78, 5) is 12.6. The van der Waals surface area contributed by atoms with Gasteiger partial charge in [0.25, 0.3) is 5.91 Å². The molecule has 0 heterocycles. The van der Waals surface area contributed by atoms with E-state index in [0.717, 1.165) is 0 Å². The molecule has 0 spiro atoms. The van der Waals surface area contributed by atoms with Crippen molar-refractivity contribution >= 4 is 15.9 Å². The molecule has 0 bridgehead atoms. The van der Waals surface area contributed by atoms with E-state index in [1.165, 1.54) is 23.5 Å². The van der Waals surface area contributed by atoms with Gasteiger partial charge in [-0.05, 0) is 44.9 Å². The Morgan fingerprint density at radius 2 is 1.88 bits per heavy atom. The van der Waals surface area contributed by atoms with Crippen molar-refractivity contribution in [2.75, 3.05) is 13.6 Å². The van der Waals surface area contributed by atoms with Crippen LogP contribution in [0.3, 0.4) is 0 Å². The van der Waals surface area contributed by atoms with E-state index in [0.29, 0.717) is 12.1 Å². The summed E-state index contributed by atoms with van der Waals surface area (Å²) < 4.78 is 26.4. The third-order valence-electron chi connectivity index (χ3n) is 4.60. The maximum absolute atomic E-state index is 12.6. The van der Waals surface area contributed by atoms with Gasteiger partial charge in [-0.25, -0.2) is 8.42 Å². The number of nitrogens with one attached hydrogen (secondary N) is 1. The van der Waals surface area contributed by atoms with Gasteiger partial charge in [-0.15, -0.1) is 0 Å². The zero-order valence-corrected chi connectivity index (χ0v) is 16.1. The number of sulfonamides is 1. The van der Waals surface area contributed by atoms with E-state index in [-0.39, 0.29) is 22.8 Å². The number of carbonyl (C=O) groups excluding carboxylic acids is 1. The summed E-state index contributed by atoms with van der Waals surface area (Å²) in [6.45, 7) is 9.72. The lowest BCUT2D eigenvalue weighted by Gasteiger charge is -2.33. The zero-order chi connectivity index (χ0) is 18.7. The Labute approximate surface area is 145 Å². The van der Waals surface area contributed by atoms with E-state index in [2.05, 4.69) is 5.32 Å². The number of rotatable bonds is 7. The van der Waals surface area contributed by atoms with Gasteiger partial charge in [-0.1, -0.05) is 19.9 Å². The molecule has 6 nitrogen and oxygen atoms in total. The summed E-state index contributed by atoms with van der Waals surface area (Å²) in [6.07, 6.45) is 0. The van der Waals surface area contributed by atoms with E-state index in [1.807, 2.05) is 20.8 Å². The molecule has 0 aliphatic carbocycles. The molecule has 24 heavy (non-hydrogen) atoms. The summed E-state index contributed by atoms with van der Waals surface area (Å²) in [6, 6.07) is 5.90. The predicted molar refractivity (Wildman–Crippen MR) is 96.3 cm³/mol. The van der Waals surface area contributed by atoms with E-state index in [4.69, 9.17) is 5.73 Å². The maximum atomic E-state index is 12.6. The molecule has 0 fully saturated rings. The minimum atomic E-state index is -3.63. The summed E-state index contributed by atoms with van der Waals surface area (Å²) >= 11 is 0. The second kappa shape index (κ2) is 7.63. The second-order valence-corrected chi connectivity index (χ2v) is 8.87. The number of amides is 1. The minimum absolute atomic E-state index is 0.102. The highest BCUT2D eigenvalue weighted by atomic mass is 32.2. The number of hydrogen-bond donors (Lipinski definition) is 2. The van der Waals surface area contributed by atoms with Crippen molar-refractivity contribution in [3.8, 4) is 0 Å². The fraction of sp³-hybridized carbons (Fsp3) is 0.588. The van der Waals surface area contributed by atoms with Crippen LogP contribution in [-0.2, 0) is 10.0 Å². The Morgan fingerprint density at radius 3 is 2.33 bits per heavy atom. The van der Waals surface area contributed by atoms with E-state index < -0.39 is 15.6 Å². The standard InChI is InChI=1S/C17H29N3O3S/c1-12(2)17(5,11-18)19-16(21)14-8-7-9-15(10-14)24(22,23)20(6)13(3)4/h7-10,12-13H,11,18H2,1-6H3,(H,19,21). The molecule has 1 aromatic rings. The van der Waals surface area contributed by atoms with Crippen molar-refractivity contribution in [2.24, 2.45) is 11.7 Å². The topological polar surface area (TPSA) is 92.5 Å². The molecule has 0 saturated carbocycles. The number of benzene rings is 1. The van der Waals surface area contributed by atoms with Gasteiger partial charge < -0.3 is 11.1 Å². The van der Waals surface area contributed by atoms with Crippen LogP contribution in [0.15, 0.2) is 29.2 Å². The third-order valence-corrected chi connectivity index (χ3v) is 6.63. The predicted octanol–water partition coefficient (Wildman–Crippen LogP) is 1.82. The molecule has 0 aliphatic heterocycles. The molecule has 136 valence electrons. The molecule has 1 rings (SSSR count). The Kier molecular flexibility index (Phi) is 6.55. The van der Waals surface area contributed by atoms with Gasteiger partial charge in [0.05, 0.1) is 10.4 Å². The third kappa shape index (κ3) is 4.34. The lowest BCUT2D eigenvalue weighted by Crippen LogP contribution is -2.55. The van der Waals surface area contributed by atoms with Crippen molar-refractivity contribution < 1.29 is 13.2 Å². The Bertz CT molecular complexity index is 686. The zero-order valence-electron chi connectivity index (χ0n) is 15.3. The second-order valence-electron chi connectivity index (χ2n) is 6.87. The monoisotopic (exact) mass is 355 g/mol. The van der Waals surface area contributed by atoms with Crippen LogP contribution in [0.25, 0.3) is 0 Å². The number of hydrogen-bond acceptors (Lipinski definition) is 4. The van der Waals surface area contributed by atoms with Gasteiger partial charge in [0, 0.05) is 25.2 Å². The molecule has 0 aliphatic rings. The van der Waals surface area contributed by atoms with Crippen molar-refractivity contribution in [1.29, 1.82) is 0 Å². The van der Waals surface area contributed by atoms with Crippen molar-refractivity contribution in [1.82, 2.24) is 9.62 Å². The summed E-state index contributed by atoms with van der Waals surface area (Å²) in [5.41, 5.74) is 5.53. The molecule has 1 atom stereocenters. The highest BCUT2D eigenvalue weighted by molar-refractivity contribution is 7.89. The molecule has 0 aromatic heterocycles. The molecule has 3 N–H and O–H groups in total. The quantitative estimate of drug-likeness (QED) is 0.780. The summed E-state index contributed by atoms with van der Waals surface area (Å²) in [5.74, 6) is -0.189. The minimum Gasteiger partial charge on any atom is -0.345 e. The number of nitrogens with zero attached hydrogens (tertiary/aromatic N) is 1. The van der Waals surface area contributed by atoms with Crippen LogP contribution >= 0.6 is 0 Å². The Hall–Kier alpha value is -1.44. The van der Waals surface area contributed by atoms with Gasteiger partial charge >= 0.3 is 0 Å². The lowest BCUT2D eigenvalue weighted by atomic mass is 9.88. The van der Waals surface area contributed by atoms with Crippen molar-refractivity contribution in [2.45, 2.75) is 51.1 Å². The highest BCUT2D eigenvalue weighted by Gasteiger charge is 2.30. The lowest BCUT2D eigenvalue weighted by molar-refractivity contribution is 0.0883. The molecular formula is C17H29N3O3S. The first kappa shape index (κ1) is 20.6. The van der Waals surface area contributed by atoms with Crippen LogP contribution in [0, 0.1) is 5.92 Å². The fourth-order valence-corrected chi connectivity index (χ4v) is 3.42. The van der Waals surface area contributed by atoms with Crippen molar-refractivity contribution in [3.05, 3.63) is 29.8 Å². The maximum Gasteiger partial charge on any atom is 0.251 e. The van der Waals surface area contributed by atoms with E-state index in [1.54, 1.807) is 26.0 Å². The molecular weight excluding hydrogens is 326 g/mol. The first-order valence-electron chi connectivity index (χ1n) is 8.06.